The Kier molecular flexibility index (Phi) is 7.58. The Bertz CT molecular complexity index is 760. The minimum atomic E-state index is -3.71. The number of non-ortho nitro benzene ring substituents is 1. The third-order valence-electron chi connectivity index (χ3n) is 5.31. The second-order valence-electron chi connectivity index (χ2n) is 7.10. The van der Waals surface area contributed by atoms with Crippen molar-refractivity contribution in [1.82, 2.24) is 14.5 Å². The molecule has 1 N–H and O–H groups in total. The fourth-order valence-corrected chi connectivity index (χ4v) is 5.37. The summed E-state index contributed by atoms with van der Waals surface area (Å²) in [5.41, 5.74) is 0.339. The number of nitro groups is 1. The van der Waals surface area contributed by atoms with E-state index in [1.54, 1.807) is 6.92 Å². The Morgan fingerprint density at radius 3 is 2.41 bits per heavy atom. The summed E-state index contributed by atoms with van der Waals surface area (Å²) in [6.45, 7) is 7.07. The molecule has 0 spiro atoms. The molecular formula is C17H27ClN4O4S. The molecule has 0 amide bonds. The Morgan fingerprint density at radius 1 is 1.19 bits per heavy atom. The molecule has 152 valence electrons. The van der Waals surface area contributed by atoms with Crippen LogP contribution in [0.4, 0.5) is 5.69 Å². The molecule has 0 saturated carbocycles. The molecule has 3 rings (SSSR count). The molecule has 2 aliphatic heterocycles. The molecule has 10 heteroatoms. The highest BCUT2D eigenvalue weighted by Gasteiger charge is 2.31. The minimum Gasteiger partial charge on any atom is -0.317 e. The van der Waals surface area contributed by atoms with Gasteiger partial charge in [-0.1, -0.05) is 6.07 Å². The molecule has 0 atom stereocenters. The van der Waals surface area contributed by atoms with Gasteiger partial charge in [-0.2, -0.15) is 4.31 Å². The van der Waals surface area contributed by atoms with Crippen LogP contribution in [0.2, 0.25) is 0 Å². The average Bonchev–Trinajstić information content (AvgIpc) is 2.63. The van der Waals surface area contributed by atoms with Gasteiger partial charge < -0.3 is 10.2 Å². The lowest BCUT2D eigenvalue weighted by atomic mass is 9.97. The maximum absolute atomic E-state index is 13.0. The largest absolute Gasteiger partial charge is 0.317 e. The molecule has 8 nitrogen and oxygen atoms in total. The molecule has 0 aromatic heterocycles. The average molecular weight is 419 g/mol. The number of aryl methyl sites for hydroxylation is 1. The number of benzene rings is 1. The Balaban J connectivity index is 0.00000261. The molecule has 1 aromatic rings. The number of nitrogens with one attached hydrogen (secondary N) is 1. The van der Waals surface area contributed by atoms with Crippen LogP contribution in [0.25, 0.3) is 0 Å². The number of halogens is 1. The number of nitrogens with zero attached hydrogens (tertiary/aromatic N) is 3. The predicted octanol–water partition coefficient (Wildman–Crippen LogP) is 1.63. The maximum atomic E-state index is 13.0. The first kappa shape index (κ1) is 22.0. The first-order chi connectivity index (χ1) is 12.4. The van der Waals surface area contributed by atoms with Crippen molar-refractivity contribution in [2.24, 2.45) is 5.92 Å². The second-order valence-corrected chi connectivity index (χ2v) is 9.01. The van der Waals surface area contributed by atoms with Crippen LogP contribution in [0, 0.1) is 23.0 Å². The molecule has 2 saturated heterocycles. The van der Waals surface area contributed by atoms with E-state index in [0.717, 1.165) is 19.6 Å². The topological polar surface area (TPSA) is 95.8 Å². The summed E-state index contributed by atoms with van der Waals surface area (Å²) in [5, 5.41) is 14.3. The molecular weight excluding hydrogens is 392 g/mol. The van der Waals surface area contributed by atoms with Crippen molar-refractivity contribution < 1.29 is 13.3 Å². The highest BCUT2D eigenvalue weighted by molar-refractivity contribution is 7.89. The molecule has 0 unspecified atom stereocenters. The summed E-state index contributed by atoms with van der Waals surface area (Å²) in [4.78, 5) is 12.8. The zero-order valence-electron chi connectivity index (χ0n) is 15.5. The smallest absolute Gasteiger partial charge is 0.270 e. The monoisotopic (exact) mass is 418 g/mol. The summed E-state index contributed by atoms with van der Waals surface area (Å²) < 4.78 is 27.4. The van der Waals surface area contributed by atoms with Crippen molar-refractivity contribution in [3.8, 4) is 0 Å². The predicted molar refractivity (Wildman–Crippen MR) is 106 cm³/mol. The second kappa shape index (κ2) is 9.29. The van der Waals surface area contributed by atoms with Crippen molar-refractivity contribution in [1.29, 1.82) is 0 Å². The van der Waals surface area contributed by atoms with Crippen molar-refractivity contribution in [2.45, 2.75) is 24.7 Å². The van der Waals surface area contributed by atoms with Gasteiger partial charge in [-0.25, -0.2) is 8.42 Å². The van der Waals surface area contributed by atoms with Crippen LogP contribution in [0.1, 0.15) is 18.4 Å². The van der Waals surface area contributed by atoms with E-state index in [2.05, 4.69) is 10.2 Å². The number of hydrogen-bond acceptors (Lipinski definition) is 6. The molecule has 2 heterocycles. The summed E-state index contributed by atoms with van der Waals surface area (Å²) >= 11 is 0. The highest BCUT2D eigenvalue weighted by Crippen LogP contribution is 2.26. The molecule has 0 aliphatic carbocycles. The van der Waals surface area contributed by atoms with E-state index in [9.17, 15) is 18.5 Å². The zero-order chi connectivity index (χ0) is 18.7. The molecule has 2 fully saturated rings. The minimum absolute atomic E-state index is 0. The highest BCUT2D eigenvalue weighted by atomic mass is 35.5. The SMILES string of the molecule is Cc1ccc([N+](=O)[O-])cc1S(=O)(=O)N1CCN(CC2CCNCC2)CC1.Cl. The summed E-state index contributed by atoms with van der Waals surface area (Å²) in [7, 11) is -3.71. The van der Waals surface area contributed by atoms with Gasteiger partial charge in [-0.15, -0.1) is 12.4 Å². The molecule has 0 radical (unpaired) electrons. The lowest BCUT2D eigenvalue weighted by Gasteiger charge is -2.36. The maximum Gasteiger partial charge on any atom is 0.270 e. The third kappa shape index (κ3) is 5.17. The van der Waals surface area contributed by atoms with E-state index >= 15 is 0 Å². The molecule has 27 heavy (non-hydrogen) atoms. The van der Waals surface area contributed by atoms with E-state index in [0.29, 0.717) is 37.7 Å². The zero-order valence-corrected chi connectivity index (χ0v) is 17.1. The molecule has 2 aliphatic rings. The number of piperazine rings is 1. The summed E-state index contributed by atoms with van der Waals surface area (Å²) in [6, 6.07) is 4.01. The van der Waals surface area contributed by atoms with Crippen LogP contribution in [0.5, 0.6) is 0 Å². The van der Waals surface area contributed by atoms with Gasteiger partial charge in [0.15, 0.2) is 0 Å². The van der Waals surface area contributed by atoms with Gasteiger partial charge >= 0.3 is 0 Å². The normalized spacial score (nSPS) is 20.2. The number of hydrogen-bond donors (Lipinski definition) is 1. The number of sulfonamides is 1. The van der Waals surface area contributed by atoms with Gasteiger partial charge in [0, 0.05) is 44.9 Å². The molecule has 1 aromatic carbocycles. The van der Waals surface area contributed by atoms with Gasteiger partial charge in [0.1, 0.15) is 0 Å². The van der Waals surface area contributed by atoms with Gasteiger partial charge in [0.25, 0.3) is 5.69 Å². The van der Waals surface area contributed by atoms with Gasteiger partial charge in [0.2, 0.25) is 10.0 Å². The standard InChI is InChI=1S/C17H26N4O4S.ClH/c1-14-2-3-16(21(22)23)12-17(14)26(24,25)20-10-8-19(9-11-20)13-15-4-6-18-7-5-15;/h2-3,12,15,18H,4-11,13H2,1H3;1H. The third-order valence-corrected chi connectivity index (χ3v) is 7.35. The van der Waals surface area contributed by atoms with Crippen LogP contribution in [0.3, 0.4) is 0 Å². The fraction of sp³-hybridized carbons (Fsp3) is 0.647. The van der Waals surface area contributed by atoms with E-state index in [-0.39, 0.29) is 23.0 Å². The van der Waals surface area contributed by atoms with E-state index in [1.165, 1.54) is 35.3 Å². The van der Waals surface area contributed by atoms with Crippen molar-refractivity contribution in [3.63, 3.8) is 0 Å². The van der Waals surface area contributed by atoms with Crippen molar-refractivity contribution in [3.05, 3.63) is 33.9 Å². The first-order valence-electron chi connectivity index (χ1n) is 9.06. The van der Waals surface area contributed by atoms with Gasteiger partial charge in [-0.05, 0) is 44.3 Å². The van der Waals surface area contributed by atoms with Crippen LogP contribution in [-0.4, -0.2) is 68.4 Å². The first-order valence-corrected chi connectivity index (χ1v) is 10.5. The quantitative estimate of drug-likeness (QED) is 0.576. The lowest BCUT2D eigenvalue weighted by Crippen LogP contribution is -2.50. The van der Waals surface area contributed by atoms with E-state index in [4.69, 9.17) is 0 Å². The van der Waals surface area contributed by atoms with Crippen molar-refractivity contribution in [2.75, 3.05) is 45.8 Å². The van der Waals surface area contributed by atoms with Crippen LogP contribution < -0.4 is 5.32 Å². The number of nitro benzene ring substituents is 1. The fourth-order valence-electron chi connectivity index (χ4n) is 3.70. The van der Waals surface area contributed by atoms with E-state index < -0.39 is 14.9 Å². The Morgan fingerprint density at radius 2 is 1.81 bits per heavy atom. The van der Waals surface area contributed by atoms with E-state index in [1.807, 2.05) is 0 Å². The summed E-state index contributed by atoms with van der Waals surface area (Å²) in [6.07, 6.45) is 2.34. The number of piperidine rings is 1. The molecule has 0 bridgehead atoms. The van der Waals surface area contributed by atoms with Crippen LogP contribution >= 0.6 is 12.4 Å². The van der Waals surface area contributed by atoms with Gasteiger partial charge in [0.05, 0.1) is 9.82 Å². The number of rotatable bonds is 5. The van der Waals surface area contributed by atoms with Crippen LogP contribution in [0.15, 0.2) is 23.1 Å². The Hall–Kier alpha value is -1.26. The lowest BCUT2D eigenvalue weighted by molar-refractivity contribution is -0.385. The van der Waals surface area contributed by atoms with Crippen LogP contribution in [-0.2, 0) is 10.0 Å². The van der Waals surface area contributed by atoms with Gasteiger partial charge in [-0.3, -0.25) is 10.1 Å². The summed E-state index contributed by atoms with van der Waals surface area (Å²) in [5.74, 6) is 0.679. The van der Waals surface area contributed by atoms with Crippen molar-refractivity contribution >= 4 is 28.1 Å². The Labute approximate surface area is 166 Å².